The number of furan rings is 1. The van der Waals surface area contributed by atoms with Crippen molar-refractivity contribution in [1.29, 1.82) is 0 Å². The largest absolute Gasteiger partial charge is 0.453 e. The van der Waals surface area contributed by atoms with Crippen molar-refractivity contribution in [2.24, 2.45) is 0 Å². The minimum Gasteiger partial charge on any atom is -0.453 e. The first-order valence-electron chi connectivity index (χ1n) is 8.34. The van der Waals surface area contributed by atoms with E-state index in [4.69, 9.17) is 4.42 Å². The van der Waals surface area contributed by atoms with Crippen LogP contribution in [-0.2, 0) is 0 Å². The van der Waals surface area contributed by atoms with Crippen molar-refractivity contribution in [2.75, 3.05) is 23.0 Å². The lowest BCUT2D eigenvalue weighted by molar-refractivity contribution is 0.509. The van der Waals surface area contributed by atoms with E-state index in [1.165, 1.54) is 59.2 Å². The Morgan fingerprint density at radius 1 is 0.519 bits per heavy atom. The third-order valence-corrected chi connectivity index (χ3v) is 15.7. The maximum Gasteiger partial charge on any atom is 0.156 e. The minimum atomic E-state index is 1.06. The van der Waals surface area contributed by atoms with Gasteiger partial charge in [0.05, 0.1) is 25.4 Å². The normalized spacial score (nSPS) is 22.8. The smallest absolute Gasteiger partial charge is 0.156 e. The van der Waals surface area contributed by atoms with Crippen molar-refractivity contribution in [3.05, 3.63) is 52.0 Å². The Bertz CT molecular complexity index is 1010. The SMILES string of the molecule is c1ccc2c(=C3SC4=C(SCCS4)S3)oc(=C3SC4=C(SCCS4)S3)c2c1. The van der Waals surface area contributed by atoms with Crippen LogP contribution in [0.15, 0.2) is 45.6 Å². The van der Waals surface area contributed by atoms with E-state index in [0.717, 1.165) is 10.8 Å². The van der Waals surface area contributed by atoms with Crippen LogP contribution in [0.25, 0.3) is 19.2 Å². The van der Waals surface area contributed by atoms with Gasteiger partial charge in [-0.1, -0.05) is 71.3 Å². The van der Waals surface area contributed by atoms with Crippen LogP contribution >= 0.6 is 94.1 Å². The number of fused-ring (bicyclic) bond motifs is 1. The molecule has 1 aromatic carbocycles. The van der Waals surface area contributed by atoms with Gasteiger partial charge < -0.3 is 4.42 Å². The molecule has 5 heterocycles. The molecule has 138 valence electrons. The molecule has 0 fully saturated rings. The second kappa shape index (κ2) is 7.80. The van der Waals surface area contributed by atoms with Crippen LogP contribution in [0.4, 0.5) is 0 Å². The van der Waals surface area contributed by atoms with Crippen molar-refractivity contribution in [3.63, 3.8) is 0 Å². The molecule has 1 nitrogen and oxygen atoms in total. The summed E-state index contributed by atoms with van der Waals surface area (Å²) in [6.07, 6.45) is 0. The molecule has 0 bridgehead atoms. The van der Waals surface area contributed by atoms with Gasteiger partial charge in [-0.3, -0.25) is 0 Å². The highest BCUT2D eigenvalue weighted by Gasteiger charge is 2.29. The van der Waals surface area contributed by atoms with Gasteiger partial charge in [-0.2, -0.15) is 0 Å². The highest BCUT2D eigenvalue weighted by Crippen LogP contribution is 2.61. The molecular formula is C18H12OS8. The van der Waals surface area contributed by atoms with E-state index in [9.17, 15) is 0 Å². The molecule has 6 rings (SSSR count). The lowest BCUT2D eigenvalue weighted by Gasteiger charge is -2.08. The van der Waals surface area contributed by atoms with Crippen molar-refractivity contribution in [3.8, 4) is 0 Å². The minimum absolute atomic E-state index is 1.06. The molecule has 2 aromatic rings. The van der Waals surface area contributed by atoms with E-state index in [1.807, 2.05) is 94.1 Å². The van der Waals surface area contributed by atoms with E-state index < -0.39 is 0 Å². The fraction of sp³-hybridized carbons (Fsp3) is 0.222. The number of hydrogen-bond donors (Lipinski definition) is 0. The summed E-state index contributed by atoms with van der Waals surface area (Å²) >= 11 is 15.6. The molecule has 0 aliphatic carbocycles. The van der Waals surface area contributed by atoms with E-state index in [2.05, 4.69) is 24.3 Å². The molecule has 4 aliphatic heterocycles. The lowest BCUT2D eigenvalue weighted by Crippen LogP contribution is -2.02. The number of hydrogen-bond acceptors (Lipinski definition) is 9. The van der Waals surface area contributed by atoms with Gasteiger partial charge in [0.25, 0.3) is 0 Å². The van der Waals surface area contributed by atoms with Gasteiger partial charge in [0.2, 0.25) is 0 Å². The van der Waals surface area contributed by atoms with Gasteiger partial charge in [-0.05, 0) is 0 Å². The topological polar surface area (TPSA) is 13.1 Å². The zero-order valence-electron chi connectivity index (χ0n) is 13.8. The average Bonchev–Trinajstić information content (AvgIpc) is 3.41. The first-order chi connectivity index (χ1) is 13.4. The van der Waals surface area contributed by atoms with Gasteiger partial charge in [0, 0.05) is 33.8 Å². The summed E-state index contributed by atoms with van der Waals surface area (Å²) < 4.78 is 15.1. The van der Waals surface area contributed by atoms with Crippen LogP contribution in [0, 0.1) is 0 Å². The van der Waals surface area contributed by atoms with E-state index in [0.29, 0.717) is 0 Å². The summed E-state index contributed by atoms with van der Waals surface area (Å²) in [5, 5.41) is 2.49. The summed E-state index contributed by atoms with van der Waals surface area (Å²) in [5.74, 6) is 4.86. The molecule has 0 unspecified atom stereocenters. The van der Waals surface area contributed by atoms with E-state index in [1.54, 1.807) is 0 Å². The Hall–Kier alpha value is 0.780. The maximum absolute atomic E-state index is 6.60. The summed E-state index contributed by atoms with van der Waals surface area (Å²) in [6.45, 7) is 0. The van der Waals surface area contributed by atoms with Gasteiger partial charge >= 0.3 is 0 Å². The Balaban J connectivity index is 1.52. The van der Waals surface area contributed by atoms with Crippen LogP contribution < -0.4 is 10.8 Å². The molecule has 1 aromatic heterocycles. The first-order valence-corrected chi connectivity index (χ1v) is 15.5. The lowest BCUT2D eigenvalue weighted by atomic mass is 10.2. The van der Waals surface area contributed by atoms with Gasteiger partial charge in [-0.25, -0.2) is 0 Å². The summed E-state index contributed by atoms with van der Waals surface area (Å²) in [7, 11) is 0. The monoisotopic (exact) mass is 500 g/mol. The molecule has 0 saturated carbocycles. The van der Waals surface area contributed by atoms with Gasteiger partial charge in [0.1, 0.15) is 0 Å². The summed E-state index contributed by atoms with van der Waals surface area (Å²) in [5.41, 5.74) is 2.12. The molecule has 27 heavy (non-hydrogen) atoms. The zero-order chi connectivity index (χ0) is 17.8. The van der Waals surface area contributed by atoms with Gasteiger partial charge in [-0.15, -0.1) is 47.0 Å². The molecule has 0 saturated heterocycles. The zero-order valence-corrected chi connectivity index (χ0v) is 20.3. The Kier molecular flexibility index (Phi) is 5.35. The first kappa shape index (κ1) is 18.5. The number of rotatable bonds is 0. The fourth-order valence-corrected chi connectivity index (χ4v) is 14.9. The summed E-state index contributed by atoms with van der Waals surface area (Å²) in [6, 6.07) is 8.68. The van der Waals surface area contributed by atoms with Crippen LogP contribution in [0.1, 0.15) is 0 Å². The summed E-state index contributed by atoms with van der Waals surface area (Å²) in [4.78, 5) is 0. The Labute approximate surface area is 191 Å². The molecule has 0 atom stereocenters. The Morgan fingerprint density at radius 3 is 1.26 bits per heavy atom. The van der Waals surface area contributed by atoms with Crippen LogP contribution in [0.5, 0.6) is 0 Å². The van der Waals surface area contributed by atoms with Crippen molar-refractivity contribution in [1.82, 2.24) is 0 Å². The van der Waals surface area contributed by atoms with Crippen molar-refractivity contribution in [2.45, 2.75) is 0 Å². The third kappa shape index (κ3) is 3.38. The fourth-order valence-electron chi connectivity index (χ4n) is 3.02. The highest BCUT2D eigenvalue weighted by atomic mass is 32.3. The van der Waals surface area contributed by atoms with E-state index >= 15 is 0 Å². The molecule has 0 N–H and O–H groups in total. The van der Waals surface area contributed by atoms with Crippen molar-refractivity contribution < 1.29 is 4.42 Å². The predicted molar refractivity (Wildman–Crippen MR) is 137 cm³/mol. The maximum atomic E-state index is 6.60. The quantitative estimate of drug-likeness (QED) is 0.387. The number of benzene rings is 1. The standard InChI is InChI=1S/C18H12OS8/c1-2-4-10-9(3-1)11(13-24-15-16(25-13)21-6-5-20-15)19-12(10)14-26-17-18(27-14)23-8-7-22-17/h1-4H,5-8H2. The second-order valence-electron chi connectivity index (χ2n) is 5.83. The molecule has 0 radical (unpaired) electrons. The molecule has 0 spiro atoms. The molecular weight excluding hydrogens is 489 g/mol. The highest BCUT2D eigenvalue weighted by molar-refractivity contribution is 8.47. The Morgan fingerprint density at radius 2 is 0.889 bits per heavy atom. The third-order valence-electron chi connectivity index (χ3n) is 4.17. The predicted octanol–water partition coefficient (Wildman–Crippen LogP) is 6.74. The second-order valence-corrected chi connectivity index (χ2v) is 15.9. The van der Waals surface area contributed by atoms with Crippen molar-refractivity contribution >= 4 is 113 Å². The van der Waals surface area contributed by atoms with Crippen LogP contribution in [-0.4, -0.2) is 23.0 Å². The molecule has 0 amide bonds. The molecule has 4 aliphatic rings. The number of thioether (sulfide) groups is 8. The van der Waals surface area contributed by atoms with E-state index in [-0.39, 0.29) is 0 Å². The van der Waals surface area contributed by atoms with Gasteiger partial charge in [0.15, 0.2) is 10.8 Å². The van der Waals surface area contributed by atoms with Crippen LogP contribution in [0.3, 0.4) is 0 Å². The average molecular weight is 501 g/mol. The van der Waals surface area contributed by atoms with Crippen LogP contribution in [0.2, 0.25) is 0 Å². The molecule has 9 heteroatoms.